The van der Waals surface area contributed by atoms with Crippen LogP contribution in [0, 0.1) is 5.92 Å². The van der Waals surface area contributed by atoms with E-state index in [1.165, 1.54) is 24.0 Å². The Balaban J connectivity index is 1.55. The predicted molar refractivity (Wildman–Crippen MR) is 129 cm³/mol. The van der Waals surface area contributed by atoms with Crippen molar-refractivity contribution >= 4 is 34.0 Å². The molecule has 3 rings (SSSR count). The van der Waals surface area contributed by atoms with Crippen molar-refractivity contribution in [1.82, 2.24) is 4.98 Å². The first-order chi connectivity index (χ1) is 15.4. The molecule has 0 aliphatic heterocycles. The summed E-state index contributed by atoms with van der Waals surface area (Å²) in [6.45, 7) is 5.16. The van der Waals surface area contributed by atoms with Gasteiger partial charge in [-0.25, -0.2) is 4.98 Å². The van der Waals surface area contributed by atoms with Crippen LogP contribution in [-0.2, 0) is 28.9 Å². The fourth-order valence-corrected chi connectivity index (χ4v) is 3.87. The number of benzene rings is 2. The van der Waals surface area contributed by atoms with Gasteiger partial charge in [0.25, 0.3) is 5.91 Å². The van der Waals surface area contributed by atoms with E-state index in [0.717, 1.165) is 24.1 Å². The maximum absolute atomic E-state index is 12.5. The van der Waals surface area contributed by atoms with Gasteiger partial charge in [-0.2, -0.15) is 0 Å². The molecule has 6 nitrogen and oxygen atoms in total. The van der Waals surface area contributed by atoms with Crippen molar-refractivity contribution in [2.24, 2.45) is 5.92 Å². The number of thiazole rings is 1. The first-order valence-corrected chi connectivity index (χ1v) is 11.6. The average molecular weight is 452 g/mol. The van der Waals surface area contributed by atoms with Crippen LogP contribution >= 0.6 is 11.3 Å². The molecule has 0 aliphatic rings. The molecule has 1 heterocycles. The highest BCUT2D eigenvalue weighted by molar-refractivity contribution is 7.14. The van der Waals surface area contributed by atoms with Crippen molar-refractivity contribution in [2.45, 2.75) is 39.7 Å². The average Bonchev–Trinajstić information content (AvgIpc) is 3.23. The molecule has 0 unspecified atom stereocenters. The van der Waals surface area contributed by atoms with Gasteiger partial charge in [0, 0.05) is 23.2 Å². The van der Waals surface area contributed by atoms with Crippen molar-refractivity contribution in [3.8, 4) is 0 Å². The summed E-state index contributed by atoms with van der Waals surface area (Å²) in [6, 6.07) is 15.9. The molecule has 168 valence electrons. The van der Waals surface area contributed by atoms with Crippen LogP contribution in [0.15, 0.2) is 53.9 Å². The number of carbonyl (C=O) groups is 2. The number of anilines is 2. The number of aromatic nitrogens is 1. The summed E-state index contributed by atoms with van der Waals surface area (Å²) in [5, 5.41) is 8.49. The fourth-order valence-electron chi connectivity index (χ4n) is 3.16. The molecule has 7 heteroatoms. The van der Waals surface area contributed by atoms with Crippen LogP contribution in [0.4, 0.5) is 10.8 Å². The SMILES string of the molecule is COC(=O)Cc1csc(NC(=O)c2ccc(CNc3ccccc3CCC(C)C)cc2)n1. The number of nitrogens with zero attached hydrogens (tertiary/aromatic N) is 1. The zero-order valence-corrected chi connectivity index (χ0v) is 19.5. The summed E-state index contributed by atoms with van der Waals surface area (Å²) in [5.74, 6) is 0.0768. The maximum Gasteiger partial charge on any atom is 0.311 e. The fraction of sp³-hybridized carbons (Fsp3) is 0.320. The van der Waals surface area contributed by atoms with Gasteiger partial charge in [-0.05, 0) is 48.1 Å². The van der Waals surface area contributed by atoms with Gasteiger partial charge in [-0.1, -0.05) is 44.2 Å². The predicted octanol–water partition coefficient (Wildman–Crippen LogP) is 5.31. The maximum atomic E-state index is 12.5. The third-order valence-corrected chi connectivity index (χ3v) is 5.84. The number of ether oxygens (including phenoxy) is 1. The van der Waals surface area contributed by atoms with Gasteiger partial charge in [0.05, 0.1) is 19.2 Å². The molecule has 0 atom stereocenters. The second-order valence-electron chi connectivity index (χ2n) is 7.99. The normalized spacial score (nSPS) is 10.8. The van der Waals surface area contributed by atoms with E-state index in [0.29, 0.717) is 28.9 Å². The van der Waals surface area contributed by atoms with E-state index in [2.05, 4.69) is 52.4 Å². The number of rotatable bonds is 10. The van der Waals surface area contributed by atoms with Crippen LogP contribution in [0.2, 0.25) is 0 Å². The summed E-state index contributed by atoms with van der Waals surface area (Å²) in [5.41, 5.74) is 4.70. The third-order valence-electron chi connectivity index (χ3n) is 5.03. The molecular weight excluding hydrogens is 422 g/mol. The van der Waals surface area contributed by atoms with Crippen molar-refractivity contribution < 1.29 is 14.3 Å². The smallest absolute Gasteiger partial charge is 0.311 e. The van der Waals surface area contributed by atoms with Gasteiger partial charge in [-0.15, -0.1) is 11.3 Å². The Hall–Kier alpha value is -3.19. The topological polar surface area (TPSA) is 80.3 Å². The zero-order valence-electron chi connectivity index (χ0n) is 18.7. The van der Waals surface area contributed by atoms with Gasteiger partial charge in [0.2, 0.25) is 0 Å². The Morgan fingerprint density at radius 2 is 1.84 bits per heavy atom. The van der Waals surface area contributed by atoms with E-state index in [9.17, 15) is 9.59 Å². The Bertz CT molecular complexity index is 1040. The highest BCUT2D eigenvalue weighted by Crippen LogP contribution is 2.20. The lowest BCUT2D eigenvalue weighted by atomic mass is 10.0. The third kappa shape index (κ3) is 6.92. The van der Waals surface area contributed by atoms with Crippen LogP contribution in [0.25, 0.3) is 0 Å². The molecule has 2 aromatic carbocycles. The lowest BCUT2D eigenvalue weighted by molar-refractivity contribution is -0.139. The van der Waals surface area contributed by atoms with E-state index in [-0.39, 0.29) is 18.3 Å². The molecule has 0 bridgehead atoms. The minimum atomic E-state index is -0.361. The van der Waals surface area contributed by atoms with Crippen LogP contribution in [-0.4, -0.2) is 24.0 Å². The van der Waals surface area contributed by atoms with Gasteiger partial charge in [-0.3, -0.25) is 14.9 Å². The Kier molecular flexibility index (Phi) is 8.39. The molecule has 3 aromatic rings. The Morgan fingerprint density at radius 3 is 2.56 bits per heavy atom. The molecule has 0 saturated carbocycles. The quantitative estimate of drug-likeness (QED) is 0.408. The van der Waals surface area contributed by atoms with Crippen molar-refractivity contribution in [1.29, 1.82) is 0 Å². The van der Waals surface area contributed by atoms with E-state index >= 15 is 0 Å². The van der Waals surface area contributed by atoms with Crippen LogP contribution in [0.5, 0.6) is 0 Å². The number of hydrogen-bond donors (Lipinski definition) is 2. The highest BCUT2D eigenvalue weighted by Gasteiger charge is 2.11. The van der Waals surface area contributed by atoms with Gasteiger partial charge < -0.3 is 10.1 Å². The number of nitrogens with one attached hydrogen (secondary N) is 2. The van der Waals surface area contributed by atoms with Crippen molar-refractivity contribution in [2.75, 3.05) is 17.7 Å². The van der Waals surface area contributed by atoms with Crippen LogP contribution in [0.1, 0.15) is 47.4 Å². The van der Waals surface area contributed by atoms with E-state index in [4.69, 9.17) is 0 Å². The van der Waals surface area contributed by atoms with E-state index < -0.39 is 0 Å². The largest absolute Gasteiger partial charge is 0.469 e. The van der Waals surface area contributed by atoms with E-state index in [1.54, 1.807) is 17.5 Å². The highest BCUT2D eigenvalue weighted by atomic mass is 32.1. The van der Waals surface area contributed by atoms with Crippen LogP contribution < -0.4 is 10.6 Å². The number of aryl methyl sites for hydroxylation is 1. The first-order valence-electron chi connectivity index (χ1n) is 10.7. The number of amides is 1. The van der Waals surface area contributed by atoms with Gasteiger partial charge >= 0.3 is 5.97 Å². The lowest BCUT2D eigenvalue weighted by Crippen LogP contribution is -2.12. The molecular formula is C25H29N3O3S. The summed E-state index contributed by atoms with van der Waals surface area (Å²) < 4.78 is 4.63. The van der Waals surface area contributed by atoms with Gasteiger partial charge in [0.1, 0.15) is 0 Å². The number of carbonyl (C=O) groups excluding carboxylic acids is 2. The molecule has 0 saturated heterocycles. The molecule has 0 spiro atoms. The Labute approximate surface area is 193 Å². The number of hydrogen-bond acceptors (Lipinski definition) is 6. The molecule has 32 heavy (non-hydrogen) atoms. The molecule has 1 aromatic heterocycles. The molecule has 2 N–H and O–H groups in total. The van der Waals surface area contributed by atoms with Crippen molar-refractivity contribution in [3.05, 3.63) is 76.3 Å². The van der Waals surface area contributed by atoms with Crippen LogP contribution in [0.3, 0.4) is 0 Å². The van der Waals surface area contributed by atoms with Crippen molar-refractivity contribution in [3.63, 3.8) is 0 Å². The monoisotopic (exact) mass is 451 g/mol. The van der Waals surface area contributed by atoms with Gasteiger partial charge in [0.15, 0.2) is 5.13 Å². The minimum Gasteiger partial charge on any atom is -0.469 e. The number of methoxy groups -OCH3 is 1. The molecule has 0 fully saturated rings. The second kappa shape index (κ2) is 11.4. The first kappa shape index (κ1) is 23.5. The minimum absolute atomic E-state index is 0.0885. The number of esters is 1. The Morgan fingerprint density at radius 1 is 1.09 bits per heavy atom. The summed E-state index contributed by atoms with van der Waals surface area (Å²) >= 11 is 1.28. The lowest BCUT2D eigenvalue weighted by Gasteiger charge is -2.13. The van der Waals surface area contributed by atoms with E-state index in [1.807, 2.05) is 18.2 Å². The summed E-state index contributed by atoms with van der Waals surface area (Å²) in [4.78, 5) is 28.1. The summed E-state index contributed by atoms with van der Waals surface area (Å²) in [6.07, 6.45) is 2.30. The zero-order chi connectivity index (χ0) is 22.9. The number of para-hydroxylation sites is 1. The molecule has 0 radical (unpaired) electrons. The second-order valence-corrected chi connectivity index (χ2v) is 8.85. The standard InChI is InChI=1S/C25H29N3O3S/c1-17(2)8-11-19-6-4-5-7-22(19)26-15-18-9-12-20(13-10-18)24(30)28-25-27-21(16-32-25)14-23(29)31-3/h4-7,9-10,12-13,16-17,26H,8,11,14-15H2,1-3H3,(H,27,28,30). The molecule has 0 aliphatic carbocycles. The molecule has 1 amide bonds. The summed E-state index contributed by atoms with van der Waals surface area (Å²) in [7, 11) is 1.34.